The number of imidazole rings is 1. The Balaban J connectivity index is 1.91. The summed E-state index contributed by atoms with van der Waals surface area (Å²) in [6.45, 7) is 1.90. The SMILES string of the molecule is O=C(O)c1cn2c(OC3CCNCC3)cccc2n1. The molecule has 0 radical (unpaired) electrons. The number of carboxylic acid groups (broad SMARTS) is 1. The molecule has 1 saturated heterocycles. The molecule has 1 aliphatic rings. The maximum Gasteiger partial charge on any atom is 0.356 e. The number of nitrogens with zero attached hydrogens (tertiary/aromatic N) is 2. The van der Waals surface area contributed by atoms with Gasteiger partial charge in [-0.3, -0.25) is 4.40 Å². The van der Waals surface area contributed by atoms with E-state index in [9.17, 15) is 4.79 Å². The Morgan fingerprint density at radius 2 is 2.21 bits per heavy atom. The number of fused-ring (bicyclic) bond motifs is 1. The molecule has 0 unspecified atom stereocenters. The number of hydrogen-bond acceptors (Lipinski definition) is 4. The topological polar surface area (TPSA) is 75.9 Å². The summed E-state index contributed by atoms with van der Waals surface area (Å²) in [5.41, 5.74) is 0.616. The predicted molar refractivity (Wildman–Crippen MR) is 68.7 cm³/mol. The maximum atomic E-state index is 10.9. The van der Waals surface area contributed by atoms with Gasteiger partial charge in [0.15, 0.2) is 11.6 Å². The van der Waals surface area contributed by atoms with Crippen LogP contribution >= 0.6 is 0 Å². The van der Waals surface area contributed by atoms with Crippen LogP contribution in [0, 0.1) is 0 Å². The summed E-state index contributed by atoms with van der Waals surface area (Å²) in [6, 6.07) is 5.43. The number of rotatable bonds is 3. The molecule has 3 rings (SSSR count). The third-order valence-electron chi connectivity index (χ3n) is 3.25. The van der Waals surface area contributed by atoms with Crippen LogP contribution < -0.4 is 10.1 Å². The van der Waals surface area contributed by atoms with Crippen LogP contribution in [-0.2, 0) is 0 Å². The second-order valence-electron chi connectivity index (χ2n) is 4.59. The second-order valence-corrected chi connectivity index (χ2v) is 4.59. The Bertz CT molecular complexity index is 602. The van der Waals surface area contributed by atoms with Crippen LogP contribution in [0.4, 0.5) is 0 Å². The Morgan fingerprint density at radius 1 is 1.42 bits per heavy atom. The summed E-state index contributed by atoms with van der Waals surface area (Å²) in [7, 11) is 0. The molecule has 100 valence electrons. The first-order chi connectivity index (χ1) is 9.24. The summed E-state index contributed by atoms with van der Waals surface area (Å²) < 4.78 is 7.64. The van der Waals surface area contributed by atoms with Crippen molar-refractivity contribution in [3.63, 3.8) is 0 Å². The highest BCUT2D eigenvalue weighted by molar-refractivity contribution is 5.86. The second kappa shape index (κ2) is 4.89. The van der Waals surface area contributed by atoms with Crippen molar-refractivity contribution in [2.75, 3.05) is 13.1 Å². The molecular formula is C13H15N3O3. The summed E-state index contributed by atoms with van der Waals surface area (Å²) in [5.74, 6) is -0.388. The van der Waals surface area contributed by atoms with Crippen molar-refractivity contribution in [2.24, 2.45) is 0 Å². The summed E-state index contributed by atoms with van der Waals surface area (Å²) in [5, 5.41) is 12.3. The van der Waals surface area contributed by atoms with Gasteiger partial charge in [-0.15, -0.1) is 0 Å². The van der Waals surface area contributed by atoms with Crippen LogP contribution in [0.25, 0.3) is 5.65 Å². The van der Waals surface area contributed by atoms with Gasteiger partial charge in [-0.1, -0.05) is 6.07 Å². The lowest BCUT2D eigenvalue weighted by Crippen LogP contribution is -2.34. The predicted octanol–water partition coefficient (Wildman–Crippen LogP) is 1.16. The molecule has 0 spiro atoms. The van der Waals surface area contributed by atoms with Crippen LogP contribution in [0.15, 0.2) is 24.4 Å². The Hall–Kier alpha value is -2.08. The zero-order valence-electron chi connectivity index (χ0n) is 10.4. The first-order valence-corrected chi connectivity index (χ1v) is 6.33. The highest BCUT2D eigenvalue weighted by Crippen LogP contribution is 2.19. The van der Waals surface area contributed by atoms with Crippen molar-refractivity contribution in [3.8, 4) is 5.88 Å². The van der Waals surface area contributed by atoms with Crippen molar-refractivity contribution in [2.45, 2.75) is 18.9 Å². The van der Waals surface area contributed by atoms with Crippen LogP contribution in [0.3, 0.4) is 0 Å². The van der Waals surface area contributed by atoms with E-state index in [-0.39, 0.29) is 11.8 Å². The normalized spacial score (nSPS) is 16.6. The van der Waals surface area contributed by atoms with E-state index in [0.29, 0.717) is 11.5 Å². The Labute approximate surface area is 110 Å². The molecule has 3 heterocycles. The fourth-order valence-electron chi connectivity index (χ4n) is 2.27. The first kappa shape index (κ1) is 12.0. The summed E-state index contributed by atoms with van der Waals surface area (Å²) in [4.78, 5) is 15.0. The number of hydrogen-bond donors (Lipinski definition) is 2. The van der Waals surface area contributed by atoms with Crippen molar-refractivity contribution in [3.05, 3.63) is 30.1 Å². The zero-order valence-corrected chi connectivity index (χ0v) is 10.4. The lowest BCUT2D eigenvalue weighted by molar-refractivity contribution is 0.0691. The lowest BCUT2D eigenvalue weighted by atomic mass is 10.1. The monoisotopic (exact) mass is 261 g/mol. The van der Waals surface area contributed by atoms with Gasteiger partial charge in [-0.05, 0) is 38.1 Å². The standard InChI is InChI=1S/C13H15N3O3/c17-13(18)10-8-16-11(15-10)2-1-3-12(16)19-9-4-6-14-7-5-9/h1-3,8-9,14H,4-7H2,(H,17,18). The quantitative estimate of drug-likeness (QED) is 0.867. The van der Waals surface area contributed by atoms with Gasteiger partial charge >= 0.3 is 5.97 Å². The molecule has 0 amide bonds. The Morgan fingerprint density at radius 3 is 2.95 bits per heavy atom. The van der Waals surface area contributed by atoms with E-state index in [4.69, 9.17) is 9.84 Å². The van der Waals surface area contributed by atoms with E-state index in [2.05, 4.69) is 10.3 Å². The molecule has 19 heavy (non-hydrogen) atoms. The van der Waals surface area contributed by atoms with Crippen molar-refractivity contribution < 1.29 is 14.6 Å². The highest BCUT2D eigenvalue weighted by atomic mass is 16.5. The third kappa shape index (κ3) is 2.39. The van der Waals surface area contributed by atoms with Gasteiger partial charge in [0, 0.05) is 6.20 Å². The summed E-state index contributed by atoms with van der Waals surface area (Å²) in [6.07, 6.45) is 3.57. The zero-order chi connectivity index (χ0) is 13.2. The minimum absolute atomic E-state index is 0.0290. The molecule has 0 atom stereocenters. The maximum absolute atomic E-state index is 10.9. The van der Waals surface area contributed by atoms with E-state index < -0.39 is 5.97 Å². The van der Waals surface area contributed by atoms with Gasteiger partial charge in [0.25, 0.3) is 0 Å². The van der Waals surface area contributed by atoms with Crippen LogP contribution in [0.2, 0.25) is 0 Å². The van der Waals surface area contributed by atoms with Gasteiger partial charge in [0.1, 0.15) is 11.8 Å². The molecule has 2 aromatic rings. The molecule has 6 nitrogen and oxygen atoms in total. The van der Waals surface area contributed by atoms with Crippen LogP contribution in [-0.4, -0.2) is 39.7 Å². The van der Waals surface area contributed by atoms with Gasteiger partial charge in [0.2, 0.25) is 0 Å². The van der Waals surface area contributed by atoms with Crippen LogP contribution in [0.1, 0.15) is 23.3 Å². The molecule has 0 aliphatic carbocycles. The van der Waals surface area contributed by atoms with Gasteiger partial charge in [-0.2, -0.15) is 0 Å². The van der Waals surface area contributed by atoms with Crippen molar-refractivity contribution >= 4 is 11.6 Å². The average Bonchev–Trinajstić information content (AvgIpc) is 2.85. The average molecular weight is 261 g/mol. The molecule has 2 N–H and O–H groups in total. The first-order valence-electron chi connectivity index (χ1n) is 6.33. The minimum atomic E-state index is -1.03. The highest BCUT2D eigenvalue weighted by Gasteiger charge is 2.17. The van der Waals surface area contributed by atoms with Gasteiger partial charge < -0.3 is 15.2 Å². The van der Waals surface area contributed by atoms with E-state index in [1.165, 1.54) is 6.20 Å². The molecular weight excluding hydrogens is 246 g/mol. The van der Waals surface area contributed by atoms with Gasteiger partial charge in [-0.25, -0.2) is 9.78 Å². The summed E-state index contributed by atoms with van der Waals surface area (Å²) >= 11 is 0. The molecule has 0 saturated carbocycles. The lowest BCUT2D eigenvalue weighted by Gasteiger charge is -2.24. The molecule has 6 heteroatoms. The van der Waals surface area contributed by atoms with E-state index in [0.717, 1.165) is 25.9 Å². The molecule has 1 fully saturated rings. The molecule has 2 aromatic heterocycles. The number of aromatic carboxylic acids is 1. The van der Waals surface area contributed by atoms with Gasteiger partial charge in [0.05, 0.1) is 0 Å². The molecule has 1 aliphatic heterocycles. The molecule has 0 aromatic carbocycles. The van der Waals surface area contributed by atoms with Crippen molar-refractivity contribution in [1.82, 2.24) is 14.7 Å². The van der Waals surface area contributed by atoms with Crippen molar-refractivity contribution in [1.29, 1.82) is 0 Å². The number of carboxylic acids is 1. The number of piperidine rings is 1. The fraction of sp³-hybridized carbons (Fsp3) is 0.385. The number of aromatic nitrogens is 2. The number of ether oxygens (including phenoxy) is 1. The largest absolute Gasteiger partial charge is 0.476 e. The van der Waals surface area contributed by atoms with Crippen LogP contribution in [0.5, 0.6) is 5.88 Å². The Kier molecular flexibility index (Phi) is 3.08. The van der Waals surface area contributed by atoms with E-state index in [1.54, 1.807) is 10.5 Å². The number of carbonyl (C=O) groups is 1. The smallest absolute Gasteiger partial charge is 0.356 e. The van der Waals surface area contributed by atoms with E-state index >= 15 is 0 Å². The fourth-order valence-corrected chi connectivity index (χ4v) is 2.27. The third-order valence-corrected chi connectivity index (χ3v) is 3.25. The number of nitrogens with one attached hydrogen (secondary N) is 1. The minimum Gasteiger partial charge on any atom is -0.476 e. The number of pyridine rings is 1. The van der Waals surface area contributed by atoms with E-state index in [1.807, 2.05) is 12.1 Å². The molecule has 0 bridgehead atoms.